The van der Waals surface area contributed by atoms with Crippen molar-refractivity contribution in [2.75, 3.05) is 13.1 Å². The molecular weight excluding hydrogens is 356 g/mol. The maximum atomic E-state index is 12.1. The molecule has 2 aliphatic heterocycles. The first kappa shape index (κ1) is 18.7. The molecule has 3 heterocycles. The van der Waals surface area contributed by atoms with Gasteiger partial charge in [-0.15, -0.1) is 5.48 Å². The van der Waals surface area contributed by atoms with Crippen molar-refractivity contribution in [2.45, 2.75) is 45.9 Å². The molecule has 1 unspecified atom stereocenters. The van der Waals surface area contributed by atoms with Crippen LogP contribution in [0, 0.1) is 0 Å². The van der Waals surface area contributed by atoms with Crippen molar-refractivity contribution in [2.24, 2.45) is 4.99 Å². The number of hydrogen-bond donors (Lipinski definition) is 1. The van der Waals surface area contributed by atoms with Gasteiger partial charge < -0.3 is 14.5 Å². The van der Waals surface area contributed by atoms with E-state index in [0.717, 1.165) is 16.8 Å². The van der Waals surface area contributed by atoms with Gasteiger partial charge in [0.2, 0.25) is 5.90 Å². The number of halogens is 1. The first-order valence-electron chi connectivity index (χ1n) is 8.56. The van der Waals surface area contributed by atoms with Gasteiger partial charge in [0.1, 0.15) is 11.8 Å². The molecule has 8 heteroatoms. The molecule has 0 radical (unpaired) electrons. The van der Waals surface area contributed by atoms with Crippen molar-refractivity contribution >= 4 is 29.2 Å². The van der Waals surface area contributed by atoms with Crippen LogP contribution in [0.5, 0.6) is 0 Å². The zero-order valence-electron chi connectivity index (χ0n) is 15.4. The molecular formula is C18H23ClN4O3. The number of aliphatic imine (C=N–C) groups is 1. The summed E-state index contributed by atoms with van der Waals surface area (Å²) in [6, 6.07) is 1.80. The topological polar surface area (TPSA) is 76.1 Å². The van der Waals surface area contributed by atoms with Crippen molar-refractivity contribution in [1.82, 2.24) is 15.4 Å². The first-order valence-corrected chi connectivity index (χ1v) is 8.94. The number of amides is 1. The molecule has 0 aliphatic carbocycles. The third kappa shape index (κ3) is 4.34. The molecule has 3 rings (SSSR count). The van der Waals surface area contributed by atoms with Crippen LogP contribution in [0.2, 0.25) is 5.02 Å². The number of rotatable bonds is 2. The van der Waals surface area contributed by atoms with Crippen LogP contribution in [0.15, 0.2) is 23.3 Å². The van der Waals surface area contributed by atoms with E-state index in [-0.39, 0.29) is 12.3 Å². The fourth-order valence-corrected chi connectivity index (χ4v) is 2.96. The molecule has 0 saturated carbocycles. The van der Waals surface area contributed by atoms with Crippen LogP contribution in [0.4, 0.5) is 4.79 Å². The van der Waals surface area contributed by atoms with Gasteiger partial charge >= 0.3 is 6.09 Å². The highest BCUT2D eigenvalue weighted by atomic mass is 35.5. The minimum Gasteiger partial charge on any atom is -0.444 e. The molecule has 0 spiro atoms. The zero-order chi connectivity index (χ0) is 18.9. The van der Waals surface area contributed by atoms with Crippen LogP contribution in [-0.4, -0.2) is 46.7 Å². The summed E-state index contributed by atoms with van der Waals surface area (Å²) in [5.74, 6) is 0.479. The van der Waals surface area contributed by atoms with Gasteiger partial charge in [-0.05, 0) is 45.8 Å². The summed E-state index contributed by atoms with van der Waals surface area (Å²) >= 11 is 6.42. The fourth-order valence-electron chi connectivity index (χ4n) is 2.67. The molecule has 0 fully saturated rings. The van der Waals surface area contributed by atoms with Gasteiger partial charge in [0.05, 0.1) is 16.3 Å². The van der Waals surface area contributed by atoms with Crippen LogP contribution in [0.1, 0.15) is 45.4 Å². The first-order chi connectivity index (χ1) is 12.2. The molecule has 7 nitrogen and oxygen atoms in total. The lowest BCUT2D eigenvalue weighted by Gasteiger charge is -2.29. The largest absolute Gasteiger partial charge is 0.444 e. The van der Waals surface area contributed by atoms with Gasteiger partial charge in [0, 0.05) is 19.3 Å². The Morgan fingerprint density at radius 1 is 1.46 bits per heavy atom. The summed E-state index contributed by atoms with van der Waals surface area (Å²) in [4.78, 5) is 27.9. The van der Waals surface area contributed by atoms with Crippen LogP contribution >= 0.6 is 11.6 Å². The average molecular weight is 379 g/mol. The second kappa shape index (κ2) is 7.25. The lowest BCUT2D eigenvalue weighted by atomic mass is 10.0. The van der Waals surface area contributed by atoms with Gasteiger partial charge in [-0.25, -0.2) is 9.79 Å². The average Bonchev–Trinajstić information content (AvgIpc) is 3.00. The van der Waals surface area contributed by atoms with Gasteiger partial charge in [-0.3, -0.25) is 4.98 Å². The van der Waals surface area contributed by atoms with Gasteiger partial charge in [-0.1, -0.05) is 17.7 Å². The normalized spacial score (nSPS) is 20.3. The van der Waals surface area contributed by atoms with Crippen molar-refractivity contribution in [3.8, 4) is 0 Å². The van der Waals surface area contributed by atoms with E-state index in [1.807, 2.05) is 33.8 Å². The van der Waals surface area contributed by atoms with Crippen LogP contribution < -0.4 is 5.48 Å². The summed E-state index contributed by atoms with van der Waals surface area (Å²) in [6.45, 7) is 8.50. The third-order valence-electron chi connectivity index (χ3n) is 3.89. The Labute approximate surface area is 158 Å². The molecule has 1 N–H and O–H groups in total. The fraction of sp³-hybridized carbons (Fsp3) is 0.500. The Hall–Kier alpha value is -2.12. The number of pyridine rings is 1. The molecule has 1 amide bonds. The molecule has 0 bridgehead atoms. The van der Waals surface area contributed by atoms with Crippen molar-refractivity contribution in [3.05, 3.63) is 34.6 Å². The minimum absolute atomic E-state index is 0.0941. The van der Waals surface area contributed by atoms with E-state index in [0.29, 0.717) is 30.4 Å². The van der Waals surface area contributed by atoms with Crippen LogP contribution in [0.25, 0.3) is 5.57 Å². The molecule has 0 saturated heterocycles. The quantitative estimate of drug-likeness (QED) is 0.853. The predicted octanol–water partition coefficient (Wildman–Crippen LogP) is 3.39. The van der Waals surface area contributed by atoms with E-state index >= 15 is 0 Å². The Balaban J connectivity index is 1.70. The number of ether oxygens (including phenoxy) is 1. The maximum absolute atomic E-state index is 12.1. The van der Waals surface area contributed by atoms with Crippen LogP contribution in [0.3, 0.4) is 0 Å². The summed E-state index contributed by atoms with van der Waals surface area (Å²) in [5, 5.41) is 0.533. The predicted molar refractivity (Wildman–Crippen MR) is 99.9 cm³/mol. The van der Waals surface area contributed by atoms with E-state index in [4.69, 9.17) is 21.2 Å². The molecule has 0 aromatic carbocycles. The number of nitrogens with one attached hydrogen (secondary N) is 1. The molecule has 140 valence electrons. The number of hydroxylamine groups is 1. The third-order valence-corrected chi connectivity index (χ3v) is 4.18. The van der Waals surface area contributed by atoms with E-state index in [1.165, 1.54) is 0 Å². The van der Waals surface area contributed by atoms with E-state index in [1.54, 1.807) is 17.2 Å². The lowest BCUT2D eigenvalue weighted by molar-refractivity contribution is 0.0270. The second-order valence-electron chi connectivity index (χ2n) is 7.29. The Kier molecular flexibility index (Phi) is 5.20. The van der Waals surface area contributed by atoms with E-state index in [2.05, 4.69) is 15.5 Å². The number of carbonyl (C=O) groups is 1. The summed E-state index contributed by atoms with van der Waals surface area (Å²) < 4.78 is 5.41. The summed E-state index contributed by atoms with van der Waals surface area (Å²) in [6.07, 6.45) is 3.93. The molecule has 2 aliphatic rings. The van der Waals surface area contributed by atoms with E-state index in [9.17, 15) is 4.79 Å². The SMILES string of the molecule is CC1N=C(c2cnc(C3=CCN(C(=O)OC(C)(C)C)CC3)c(Cl)c2)ON1. The highest BCUT2D eigenvalue weighted by Gasteiger charge is 2.25. The van der Waals surface area contributed by atoms with Gasteiger partial charge in [0.25, 0.3) is 0 Å². The number of carbonyl (C=O) groups excluding carboxylic acids is 1. The summed E-state index contributed by atoms with van der Waals surface area (Å²) in [7, 11) is 0. The number of hydrogen-bond acceptors (Lipinski definition) is 6. The monoisotopic (exact) mass is 378 g/mol. The maximum Gasteiger partial charge on any atom is 0.410 e. The lowest BCUT2D eigenvalue weighted by Crippen LogP contribution is -2.39. The van der Waals surface area contributed by atoms with Gasteiger partial charge in [-0.2, -0.15) is 0 Å². The highest BCUT2D eigenvalue weighted by Crippen LogP contribution is 2.28. The number of aromatic nitrogens is 1. The van der Waals surface area contributed by atoms with Crippen molar-refractivity contribution < 1.29 is 14.4 Å². The molecule has 1 aromatic heterocycles. The molecule has 1 aromatic rings. The van der Waals surface area contributed by atoms with Crippen LogP contribution in [-0.2, 0) is 9.57 Å². The molecule has 26 heavy (non-hydrogen) atoms. The van der Waals surface area contributed by atoms with Gasteiger partial charge in [0.15, 0.2) is 0 Å². The Morgan fingerprint density at radius 3 is 2.77 bits per heavy atom. The highest BCUT2D eigenvalue weighted by molar-refractivity contribution is 6.32. The standard InChI is InChI=1S/C18H23ClN4O3/c1-11-21-16(26-22-11)13-9-14(19)15(20-10-13)12-5-7-23(8-6-12)17(24)25-18(2,3)4/h5,9-11,22H,6-8H2,1-4H3. The Morgan fingerprint density at radius 2 is 2.23 bits per heavy atom. The second-order valence-corrected chi connectivity index (χ2v) is 7.70. The minimum atomic E-state index is -0.501. The Bertz CT molecular complexity index is 770. The zero-order valence-corrected chi connectivity index (χ0v) is 16.1. The number of nitrogens with zero attached hydrogens (tertiary/aromatic N) is 3. The summed E-state index contributed by atoms with van der Waals surface area (Å²) in [5.41, 5.74) is 4.72. The van der Waals surface area contributed by atoms with Crippen molar-refractivity contribution in [1.29, 1.82) is 0 Å². The van der Waals surface area contributed by atoms with E-state index < -0.39 is 5.60 Å². The smallest absolute Gasteiger partial charge is 0.410 e. The van der Waals surface area contributed by atoms with Crippen molar-refractivity contribution in [3.63, 3.8) is 0 Å². The molecule has 1 atom stereocenters.